The Labute approximate surface area is 177 Å². The Morgan fingerprint density at radius 3 is 2.70 bits per heavy atom. The molecular weight excluding hydrogens is 398 g/mol. The molecule has 3 heterocycles. The molecule has 0 aliphatic carbocycles. The van der Waals surface area contributed by atoms with Gasteiger partial charge in [0.25, 0.3) is 0 Å². The molecule has 4 rings (SSSR count). The van der Waals surface area contributed by atoms with E-state index in [1.165, 1.54) is 0 Å². The molecule has 156 valence electrons. The van der Waals surface area contributed by atoms with Gasteiger partial charge in [0.15, 0.2) is 0 Å². The highest BCUT2D eigenvalue weighted by atomic mass is 32.2. The molecule has 0 bridgehead atoms. The van der Waals surface area contributed by atoms with Crippen molar-refractivity contribution < 1.29 is 8.42 Å². The van der Waals surface area contributed by atoms with Gasteiger partial charge in [-0.05, 0) is 44.4 Å². The zero-order valence-electron chi connectivity index (χ0n) is 17.1. The lowest BCUT2D eigenvalue weighted by Gasteiger charge is -2.24. The fourth-order valence-corrected chi connectivity index (χ4v) is 5.58. The quantitative estimate of drug-likeness (QED) is 0.647. The Balaban J connectivity index is 1.56. The van der Waals surface area contributed by atoms with Gasteiger partial charge in [-0.1, -0.05) is 35.9 Å². The van der Waals surface area contributed by atoms with Gasteiger partial charge >= 0.3 is 0 Å². The first kappa shape index (κ1) is 20.4. The highest BCUT2D eigenvalue weighted by molar-refractivity contribution is 7.88. The molecule has 2 aromatic heterocycles. The molecule has 0 amide bonds. The normalized spacial score (nSPS) is 17.2. The predicted octanol–water partition coefficient (Wildman–Crippen LogP) is 3.90. The van der Waals surface area contributed by atoms with Crippen LogP contribution in [0.2, 0.25) is 0 Å². The Bertz CT molecular complexity index is 1150. The third-order valence-corrected chi connectivity index (χ3v) is 6.98. The van der Waals surface area contributed by atoms with Crippen LogP contribution in [-0.2, 0) is 15.8 Å². The summed E-state index contributed by atoms with van der Waals surface area (Å²) < 4.78 is 27.9. The Morgan fingerprint density at radius 1 is 1.07 bits per heavy atom. The molecule has 0 unspecified atom stereocenters. The smallest absolute Gasteiger partial charge is 0.218 e. The van der Waals surface area contributed by atoms with E-state index in [4.69, 9.17) is 0 Å². The second-order valence-corrected chi connectivity index (χ2v) is 9.55. The van der Waals surface area contributed by atoms with Crippen LogP contribution in [0.5, 0.6) is 0 Å². The van der Waals surface area contributed by atoms with Gasteiger partial charge < -0.3 is 5.32 Å². The third-order valence-electron chi connectivity index (χ3n) is 5.13. The number of aromatic nitrogens is 3. The molecule has 3 aromatic rings. The van der Waals surface area contributed by atoms with Crippen LogP contribution in [0.15, 0.2) is 54.9 Å². The van der Waals surface area contributed by atoms with E-state index in [0.717, 1.165) is 29.7 Å². The average Bonchev–Trinajstić information content (AvgIpc) is 3.19. The molecule has 1 saturated heterocycles. The number of anilines is 2. The molecule has 0 spiro atoms. The summed E-state index contributed by atoms with van der Waals surface area (Å²) in [6.07, 6.45) is 4.80. The van der Waals surface area contributed by atoms with E-state index in [1.807, 2.05) is 56.3 Å². The van der Waals surface area contributed by atoms with Crippen molar-refractivity contribution in [1.29, 1.82) is 0 Å². The number of hydrogen-bond donors (Lipinski definition) is 1. The summed E-state index contributed by atoms with van der Waals surface area (Å²) in [6.45, 7) is 4.38. The Kier molecular flexibility index (Phi) is 5.78. The van der Waals surface area contributed by atoms with Crippen molar-refractivity contribution in [3.63, 3.8) is 0 Å². The summed E-state index contributed by atoms with van der Waals surface area (Å²) in [5.41, 5.74) is 3.40. The van der Waals surface area contributed by atoms with E-state index in [1.54, 1.807) is 16.7 Å². The maximum atomic E-state index is 13.2. The monoisotopic (exact) mass is 423 g/mol. The number of sulfonamides is 1. The van der Waals surface area contributed by atoms with E-state index in [-0.39, 0.29) is 11.8 Å². The molecule has 1 aliphatic rings. The number of benzene rings is 1. The molecule has 8 heteroatoms. The minimum atomic E-state index is -3.47. The summed E-state index contributed by atoms with van der Waals surface area (Å²) >= 11 is 0. The number of pyridine rings is 1. The van der Waals surface area contributed by atoms with Crippen molar-refractivity contribution in [3.05, 3.63) is 77.4 Å². The highest BCUT2D eigenvalue weighted by Crippen LogP contribution is 2.34. The minimum Gasteiger partial charge on any atom is -0.324 e. The summed E-state index contributed by atoms with van der Waals surface area (Å²) in [6, 6.07) is 13.0. The van der Waals surface area contributed by atoms with Crippen molar-refractivity contribution >= 4 is 21.7 Å². The first-order valence-corrected chi connectivity index (χ1v) is 11.6. The van der Waals surface area contributed by atoms with E-state index in [2.05, 4.69) is 20.3 Å². The molecule has 0 radical (unpaired) electrons. The van der Waals surface area contributed by atoms with Crippen LogP contribution in [0.1, 0.15) is 41.4 Å². The first-order valence-electron chi connectivity index (χ1n) is 9.98. The highest BCUT2D eigenvalue weighted by Gasteiger charge is 2.36. The lowest BCUT2D eigenvalue weighted by Crippen LogP contribution is -2.32. The Morgan fingerprint density at radius 2 is 1.90 bits per heavy atom. The summed E-state index contributed by atoms with van der Waals surface area (Å²) in [7, 11) is -3.47. The van der Waals surface area contributed by atoms with Crippen LogP contribution in [0.4, 0.5) is 11.6 Å². The van der Waals surface area contributed by atoms with E-state index in [0.29, 0.717) is 23.9 Å². The molecule has 1 atom stereocenters. The lowest BCUT2D eigenvalue weighted by molar-refractivity contribution is 0.389. The number of aryl methyl sites for hydroxylation is 2. The molecular formula is C22H25N5O2S. The van der Waals surface area contributed by atoms with Gasteiger partial charge in [0.1, 0.15) is 11.6 Å². The second kappa shape index (κ2) is 8.49. The Hall–Kier alpha value is -2.84. The van der Waals surface area contributed by atoms with Crippen LogP contribution >= 0.6 is 0 Å². The van der Waals surface area contributed by atoms with Gasteiger partial charge in [0, 0.05) is 12.2 Å². The molecule has 1 aliphatic heterocycles. The number of nitrogens with zero attached hydrogens (tertiary/aromatic N) is 4. The first-order chi connectivity index (χ1) is 14.4. The maximum absolute atomic E-state index is 13.2. The molecule has 1 N–H and O–H groups in total. The maximum Gasteiger partial charge on any atom is 0.218 e. The van der Waals surface area contributed by atoms with Crippen LogP contribution in [0.3, 0.4) is 0 Å². The third kappa shape index (κ3) is 4.66. The molecule has 1 fully saturated rings. The van der Waals surface area contributed by atoms with E-state index >= 15 is 0 Å². The van der Waals surface area contributed by atoms with Gasteiger partial charge in [0.2, 0.25) is 10.0 Å². The minimum absolute atomic E-state index is 0.0102. The van der Waals surface area contributed by atoms with Crippen molar-refractivity contribution in [2.75, 3.05) is 11.9 Å². The van der Waals surface area contributed by atoms with Crippen LogP contribution in [0.25, 0.3) is 0 Å². The van der Waals surface area contributed by atoms with E-state index < -0.39 is 10.0 Å². The number of rotatable bonds is 6. The molecule has 1 aromatic carbocycles. The van der Waals surface area contributed by atoms with Crippen LogP contribution in [-0.4, -0.2) is 34.2 Å². The number of hydrogen-bond acceptors (Lipinski definition) is 6. The van der Waals surface area contributed by atoms with Crippen molar-refractivity contribution in [2.45, 2.75) is 38.5 Å². The second-order valence-electron chi connectivity index (χ2n) is 7.63. The largest absolute Gasteiger partial charge is 0.324 e. The average molecular weight is 424 g/mol. The molecule has 30 heavy (non-hydrogen) atoms. The van der Waals surface area contributed by atoms with Gasteiger partial charge in [-0.2, -0.15) is 4.31 Å². The predicted molar refractivity (Wildman–Crippen MR) is 117 cm³/mol. The van der Waals surface area contributed by atoms with Crippen molar-refractivity contribution in [2.24, 2.45) is 0 Å². The van der Waals surface area contributed by atoms with Gasteiger partial charge in [-0.3, -0.25) is 4.98 Å². The van der Waals surface area contributed by atoms with Crippen molar-refractivity contribution in [1.82, 2.24) is 19.3 Å². The summed E-state index contributed by atoms with van der Waals surface area (Å²) in [5.74, 6) is 1.22. The fraction of sp³-hybridized carbons (Fsp3) is 0.318. The van der Waals surface area contributed by atoms with Gasteiger partial charge in [-0.15, -0.1) is 0 Å². The standard InChI is InChI=1S/C22H25N5O2S/c1-16-6-3-8-18(12-16)15-30(28,29)27-11-5-9-20(27)19-13-23-14-22(25-19)26-21-10-4-7-17(2)24-21/h3-4,6-8,10,12-14,20H,5,9,11,15H2,1-2H3,(H,24,25,26)/t20-/m1/s1. The molecule has 7 nitrogen and oxygen atoms in total. The SMILES string of the molecule is Cc1cccc(CS(=O)(=O)N2CCC[C@@H]2c2cncc(Nc3cccc(C)n3)n2)c1. The van der Waals surface area contributed by atoms with E-state index in [9.17, 15) is 8.42 Å². The zero-order chi connectivity index (χ0) is 21.1. The number of nitrogens with one attached hydrogen (secondary N) is 1. The van der Waals surface area contributed by atoms with Gasteiger partial charge in [-0.25, -0.2) is 18.4 Å². The lowest BCUT2D eigenvalue weighted by atomic mass is 10.2. The summed E-state index contributed by atoms with van der Waals surface area (Å²) in [4.78, 5) is 13.3. The van der Waals surface area contributed by atoms with Crippen LogP contribution < -0.4 is 5.32 Å². The topological polar surface area (TPSA) is 88.1 Å². The summed E-state index contributed by atoms with van der Waals surface area (Å²) in [5, 5.41) is 3.16. The van der Waals surface area contributed by atoms with Crippen molar-refractivity contribution in [3.8, 4) is 0 Å². The van der Waals surface area contributed by atoms with Gasteiger partial charge in [0.05, 0.1) is 29.9 Å². The zero-order valence-corrected chi connectivity index (χ0v) is 17.9. The molecule has 0 saturated carbocycles. The van der Waals surface area contributed by atoms with Crippen LogP contribution in [0, 0.1) is 13.8 Å². The fourth-order valence-electron chi connectivity index (χ4n) is 3.81.